The van der Waals surface area contributed by atoms with Crippen molar-refractivity contribution in [3.63, 3.8) is 0 Å². The molecule has 0 atom stereocenters. The summed E-state index contributed by atoms with van der Waals surface area (Å²) in [5.74, 6) is 0.0219. The lowest BCUT2D eigenvalue weighted by Gasteiger charge is -2.06. The smallest absolute Gasteiger partial charge is 0.213 e. The molecule has 0 heterocycles. The lowest BCUT2D eigenvalue weighted by Crippen LogP contribution is -2.16. The fourth-order valence-electron chi connectivity index (χ4n) is 2.65. The molecule has 1 N–H and O–H groups in total. The molecular formula is C23H20N2O2. The molecule has 0 aliphatic heterocycles. The molecule has 0 amide bonds. The first kappa shape index (κ1) is 18.3. The number of nitrogens with zero attached hydrogens (tertiary/aromatic N) is 2. The lowest BCUT2D eigenvalue weighted by atomic mass is 10.0. The maximum Gasteiger partial charge on any atom is 0.213 e. The maximum absolute atomic E-state index is 13.0. The van der Waals surface area contributed by atoms with E-state index in [-0.39, 0.29) is 11.5 Å². The van der Waals surface area contributed by atoms with Gasteiger partial charge in [0.1, 0.15) is 11.5 Å². The molecule has 0 fully saturated rings. The van der Waals surface area contributed by atoms with Crippen molar-refractivity contribution < 1.29 is 9.90 Å². The second kappa shape index (κ2) is 8.72. The summed E-state index contributed by atoms with van der Waals surface area (Å²) >= 11 is 0. The second-order valence-corrected chi connectivity index (χ2v) is 5.96. The molecule has 0 bridgehead atoms. The average molecular weight is 356 g/mol. The van der Waals surface area contributed by atoms with Crippen LogP contribution >= 0.6 is 0 Å². The van der Waals surface area contributed by atoms with E-state index >= 15 is 0 Å². The molecule has 3 rings (SSSR count). The number of hydrogen-bond donors (Lipinski definition) is 1. The predicted molar refractivity (Wildman–Crippen MR) is 109 cm³/mol. The summed E-state index contributed by atoms with van der Waals surface area (Å²) in [5.41, 5.74) is 3.18. The van der Waals surface area contributed by atoms with Gasteiger partial charge in [-0.15, -0.1) is 5.10 Å². The third-order valence-corrected chi connectivity index (χ3v) is 4.10. The van der Waals surface area contributed by atoms with Gasteiger partial charge in [0.2, 0.25) is 5.78 Å². The van der Waals surface area contributed by atoms with Crippen LogP contribution in [-0.4, -0.2) is 22.3 Å². The van der Waals surface area contributed by atoms with Crippen molar-refractivity contribution in [2.24, 2.45) is 10.2 Å². The third kappa shape index (κ3) is 4.55. The minimum Gasteiger partial charge on any atom is -0.508 e. The Morgan fingerprint density at radius 1 is 0.741 bits per heavy atom. The van der Waals surface area contributed by atoms with Gasteiger partial charge >= 0.3 is 0 Å². The molecule has 0 spiro atoms. The zero-order valence-corrected chi connectivity index (χ0v) is 15.0. The highest BCUT2D eigenvalue weighted by Gasteiger charge is 2.16. The van der Waals surface area contributed by atoms with Gasteiger partial charge < -0.3 is 5.11 Å². The Hall–Kier alpha value is -3.53. The number of hydrogen-bond acceptors (Lipinski definition) is 4. The summed E-state index contributed by atoms with van der Waals surface area (Å²) in [7, 11) is 0. The summed E-state index contributed by atoms with van der Waals surface area (Å²) in [6, 6.07) is 25.2. The molecule has 0 radical (unpaired) electrons. The van der Waals surface area contributed by atoms with Crippen molar-refractivity contribution in [3.05, 3.63) is 102 Å². The molecule has 3 aromatic rings. The third-order valence-electron chi connectivity index (χ3n) is 4.10. The molecule has 3 aromatic carbocycles. The molecule has 0 aliphatic carbocycles. The van der Waals surface area contributed by atoms with Crippen molar-refractivity contribution in [2.45, 2.75) is 13.3 Å². The Kier molecular flexibility index (Phi) is 5.90. The SMILES string of the molecule is CC/C(=N/N=C(/C(=O)c1ccccc1)c1ccccc1)c1ccc(O)cc1. The van der Waals surface area contributed by atoms with Crippen molar-refractivity contribution in [3.8, 4) is 5.75 Å². The number of rotatable bonds is 6. The summed E-state index contributed by atoms with van der Waals surface area (Å²) in [6.45, 7) is 1.97. The minimum absolute atomic E-state index is 0.174. The highest BCUT2D eigenvalue weighted by molar-refractivity contribution is 6.51. The van der Waals surface area contributed by atoms with Crippen LogP contribution in [0.15, 0.2) is 95.1 Å². The van der Waals surface area contributed by atoms with Gasteiger partial charge in [0, 0.05) is 11.1 Å². The Morgan fingerprint density at radius 2 is 1.30 bits per heavy atom. The molecule has 4 heteroatoms. The first-order valence-corrected chi connectivity index (χ1v) is 8.78. The second-order valence-electron chi connectivity index (χ2n) is 5.96. The number of carbonyl (C=O) groups is 1. The van der Waals surface area contributed by atoms with Crippen LogP contribution in [-0.2, 0) is 0 Å². The minimum atomic E-state index is -0.174. The van der Waals surface area contributed by atoms with E-state index in [2.05, 4.69) is 10.2 Å². The first-order chi connectivity index (χ1) is 13.2. The van der Waals surface area contributed by atoms with Crippen LogP contribution in [0.3, 0.4) is 0 Å². The Morgan fingerprint density at radius 3 is 1.85 bits per heavy atom. The van der Waals surface area contributed by atoms with Crippen LogP contribution in [0.25, 0.3) is 0 Å². The number of ketones is 1. The van der Waals surface area contributed by atoms with Gasteiger partial charge in [-0.05, 0) is 36.2 Å². The van der Waals surface area contributed by atoms with Crippen molar-refractivity contribution in [1.29, 1.82) is 0 Å². The van der Waals surface area contributed by atoms with Crippen LogP contribution < -0.4 is 0 Å². The zero-order valence-electron chi connectivity index (χ0n) is 15.0. The number of aromatic hydroxyl groups is 1. The zero-order chi connectivity index (χ0) is 19.1. The number of carbonyl (C=O) groups excluding carboxylic acids is 1. The topological polar surface area (TPSA) is 62.0 Å². The molecule has 4 nitrogen and oxygen atoms in total. The monoisotopic (exact) mass is 356 g/mol. The molecule has 0 saturated heterocycles. The molecule has 0 aliphatic rings. The Labute approximate surface area is 158 Å². The number of benzene rings is 3. The highest BCUT2D eigenvalue weighted by Crippen LogP contribution is 2.14. The van der Waals surface area contributed by atoms with E-state index in [1.807, 2.05) is 55.5 Å². The quantitative estimate of drug-likeness (QED) is 0.389. The van der Waals surface area contributed by atoms with Gasteiger partial charge in [0.15, 0.2) is 0 Å². The molecule has 0 saturated carbocycles. The fraction of sp³-hybridized carbons (Fsp3) is 0.0870. The summed E-state index contributed by atoms with van der Waals surface area (Å²) in [6.07, 6.45) is 0.649. The summed E-state index contributed by atoms with van der Waals surface area (Å²) in [4.78, 5) is 13.0. The average Bonchev–Trinajstić information content (AvgIpc) is 2.73. The van der Waals surface area contributed by atoms with E-state index in [9.17, 15) is 9.90 Å². The molecule has 27 heavy (non-hydrogen) atoms. The number of Topliss-reactive ketones (excluding diaryl/α,β-unsaturated/α-hetero) is 1. The van der Waals surface area contributed by atoms with Crippen molar-refractivity contribution in [2.75, 3.05) is 0 Å². The van der Waals surface area contributed by atoms with Gasteiger partial charge in [0.25, 0.3) is 0 Å². The lowest BCUT2D eigenvalue weighted by molar-refractivity contribution is 0.106. The van der Waals surface area contributed by atoms with E-state index < -0.39 is 0 Å². The predicted octanol–water partition coefficient (Wildman–Crippen LogP) is 4.88. The van der Waals surface area contributed by atoms with E-state index in [0.29, 0.717) is 17.7 Å². The Bertz CT molecular complexity index is 960. The van der Waals surface area contributed by atoms with Crippen molar-refractivity contribution >= 4 is 17.2 Å². The first-order valence-electron chi connectivity index (χ1n) is 8.78. The van der Waals surface area contributed by atoms with Gasteiger partial charge in [-0.25, -0.2) is 0 Å². The number of phenolic OH excluding ortho intramolecular Hbond substituents is 1. The number of phenols is 1. The fourth-order valence-corrected chi connectivity index (χ4v) is 2.65. The van der Waals surface area contributed by atoms with Crippen LogP contribution in [0.2, 0.25) is 0 Å². The normalized spacial score (nSPS) is 12.0. The van der Waals surface area contributed by atoms with Crippen LogP contribution in [0.1, 0.15) is 34.8 Å². The molecule has 0 aromatic heterocycles. The molecule has 134 valence electrons. The standard InChI is InChI=1S/C23H20N2O2/c1-2-21(17-13-15-20(26)16-14-17)24-25-22(18-9-5-3-6-10-18)23(27)19-11-7-4-8-12-19/h3-16,26H,2H2,1H3/b24-21-,25-22+. The largest absolute Gasteiger partial charge is 0.508 e. The van der Waals surface area contributed by atoms with E-state index in [1.165, 1.54) is 0 Å². The summed E-state index contributed by atoms with van der Waals surface area (Å²) in [5, 5.41) is 18.2. The van der Waals surface area contributed by atoms with Gasteiger partial charge in [-0.2, -0.15) is 5.10 Å². The van der Waals surface area contributed by atoms with E-state index in [1.54, 1.807) is 36.4 Å². The molecule has 0 unspecified atom stereocenters. The van der Waals surface area contributed by atoms with Gasteiger partial charge in [-0.1, -0.05) is 67.6 Å². The highest BCUT2D eigenvalue weighted by atomic mass is 16.3. The Balaban J connectivity index is 2.04. The van der Waals surface area contributed by atoms with Crippen molar-refractivity contribution in [1.82, 2.24) is 0 Å². The molecular weight excluding hydrogens is 336 g/mol. The van der Waals surface area contributed by atoms with Crippen LogP contribution in [0, 0.1) is 0 Å². The van der Waals surface area contributed by atoms with E-state index in [4.69, 9.17) is 0 Å². The van der Waals surface area contributed by atoms with Gasteiger partial charge in [0.05, 0.1) is 5.71 Å². The van der Waals surface area contributed by atoms with Crippen LogP contribution in [0.4, 0.5) is 0 Å². The van der Waals surface area contributed by atoms with Gasteiger partial charge in [-0.3, -0.25) is 4.79 Å². The van der Waals surface area contributed by atoms with E-state index in [0.717, 1.165) is 16.8 Å². The summed E-state index contributed by atoms with van der Waals surface area (Å²) < 4.78 is 0. The van der Waals surface area contributed by atoms with Crippen LogP contribution in [0.5, 0.6) is 5.75 Å². The maximum atomic E-state index is 13.0.